The van der Waals surface area contributed by atoms with Crippen LogP contribution in [0.25, 0.3) is 0 Å². The second-order valence-corrected chi connectivity index (χ2v) is 9.37. The zero-order valence-corrected chi connectivity index (χ0v) is 15.5. The summed E-state index contributed by atoms with van der Waals surface area (Å²) >= 11 is 0. The lowest BCUT2D eigenvalue weighted by atomic mass is 9.60. The molecule has 0 amide bonds. The van der Waals surface area contributed by atoms with Gasteiger partial charge in [-0.05, 0) is 102 Å². The van der Waals surface area contributed by atoms with Crippen LogP contribution in [0.3, 0.4) is 0 Å². The van der Waals surface area contributed by atoms with Gasteiger partial charge in [0.2, 0.25) is 0 Å². The Balaban J connectivity index is 1.22. The minimum Gasteiger partial charge on any atom is -0.306 e. The molecule has 4 aliphatic rings. The molecule has 132 valence electrons. The van der Waals surface area contributed by atoms with Gasteiger partial charge in [-0.3, -0.25) is 0 Å². The quantitative estimate of drug-likeness (QED) is 0.774. The number of rotatable bonds is 2. The van der Waals surface area contributed by atoms with Crippen molar-refractivity contribution in [2.75, 3.05) is 46.3 Å². The highest BCUT2D eigenvalue weighted by Crippen LogP contribution is 2.51. The maximum absolute atomic E-state index is 2.85. The van der Waals surface area contributed by atoms with Crippen LogP contribution in [0.2, 0.25) is 0 Å². The van der Waals surface area contributed by atoms with Crippen molar-refractivity contribution in [1.29, 1.82) is 0 Å². The molecule has 0 N–H and O–H groups in total. The van der Waals surface area contributed by atoms with Gasteiger partial charge in [0, 0.05) is 18.6 Å². The summed E-state index contributed by atoms with van der Waals surface area (Å²) in [5.41, 5.74) is 0.746. The number of likely N-dealkylation sites (tertiary alicyclic amines) is 3. The molecule has 0 bridgehead atoms. The van der Waals surface area contributed by atoms with Crippen LogP contribution in [0.4, 0.5) is 0 Å². The third-order valence-electron chi connectivity index (χ3n) is 7.61. The fourth-order valence-electron chi connectivity index (χ4n) is 5.87. The van der Waals surface area contributed by atoms with Gasteiger partial charge < -0.3 is 14.7 Å². The Morgan fingerprint density at radius 1 is 0.783 bits per heavy atom. The lowest BCUT2D eigenvalue weighted by molar-refractivity contribution is -0.0531. The fraction of sp³-hybridized carbons (Fsp3) is 1.00. The van der Waals surface area contributed by atoms with Crippen molar-refractivity contribution in [2.24, 2.45) is 11.3 Å². The van der Waals surface area contributed by atoms with Crippen LogP contribution in [0.1, 0.15) is 58.3 Å². The van der Waals surface area contributed by atoms with Gasteiger partial charge in [0.15, 0.2) is 0 Å². The summed E-state index contributed by atoms with van der Waals surface area (Å²) in [7, 11) is 2.29. The van der Waals surface area contributed by atoms with Crippen LogP contribution in [0, 0.1) is 11.3 Å². The van der Waals surface area contributed by atoms with E-state index < -0.39 is 0 Å². The van der Waals surface area contributed by atoms with E-state index in [9.17, 15) is 0 Å². The second-order valence-electron chi connectivity index (χ2n) is 9.37. The Morgan fingerprint density at radius 3 is 2.13 bits per heavy atom. The smallest absolute Gasteiger partial charge is 0.0120 e. The van der Waals surface area contributed by atoms with Crippen LogP contribution >= 0.6 is 0 Å². The molecule has 3 nitrogen and oxygen atoms in total. The molecule has 3 heterocycles. The lowest BCUT2D eigenvalue weighted by Crippen LogP contribution is -2.57. The first-order valence-electron chi connectivity index (χ1n) is 10.3. The van der Waals surface area contributed by atoms with Gasteiger partial charge in [0.25, 0.3) is 0 Å². The van der Waals surface area contributed by atoms with Crippen LogP contribution in [-0.4, -0.2) is 73.1 Å². The molecular weight excluding hydrogens is 282 g/mol. The number of hydrogen-bond acceptors (Lipinski definition) is 3. The zero-order chi connectivity index (χ0) is 15.9. The van der Waals surface area contributed by atoms with Gasteiger partial charge in [0.1, 0.15) is 0 Å². The average molecular weight is 320 g/mol. The molecule has 0 aromatic rings. The molecule has 3 aliphatic heterocycles. The zero-order valence-electron chi connectivity index (χ0n) is 15.5. The molecule has 4 rings (SSSR count). The number of piperidine rings is 3. The van der Waals surface area contributed by atoms with E-state index >= 15 is 0 Å². The molecule has 1 unspecified atom stereocenters. The topological polar surface area (TPSA) is 9.72 Å². The van der Waals surface area contributed by atoms with Crippen LogP contribution < -0.4 is 0 Å². The molecule has 3 saturated heterocycles. The molecule has 4 fully saturated rings. The summed E-state index contributed by atoms with van der Waals surface area (Å²) in [6.07, 6.45) is 11.7. The van der Waals surface area contributed by atoms with Crippen LogP contribution in [-0.2, 0) is 0 Å². The number of nitrogens with zero attached hydrogens (tertiary/aromatic N) is 3. The summed E-state index contributed by atoms with van der Waals surface area (Å²) in [5.74, 6) is 0.928. The third-order valence-corrected chi connectivity index (χ3v) is 7.61. The van der Waals surface area contributed by atoms with E-state index in [1.54, 1.807) is 0 Å². The van der Waals surface area contributed by atoms with Crippen molar-refractivity contribution in [2.45, 2.75) is 70.4 Å². The maximum atomic E-state index is 2.85. The monoisotopic (exact) mass is 319 g/mol. The molecule has 1 spiro atoms. The van der Waals surface area contributed by atoms with E-state index in [1.807, 2.05) is 0 Å². The van der Waals surface area contributed by atoms with E-state index in [0.717, 1.165) is 23.4 Å². The van der Waals surface area contributed by atoms with Crippen LogP contribution in [0.15, 0.2) is 0 Å². The molecule has 1 saturated carbocycles. The average Bonchev–Trinajstić information content (AvgIpc) is 2.54. The minimum atomic E-state index is 0.746. The molecule has 1 aliphatic carbocycles. The highest BCUT2D eigenvalue weighted by Gasteiger charge is 2.47. The SMILES string of the molecule is CC1CCCN(C2CCN(C3CC4(CCN(C)CC4)C3)CC2)C1. The highest BCUT2D eigenvalue weighted by atomic mass is 15.2. The summed E-state index contributed by atoms with van der Waals surface area (Å²) in [4.78, 5) is 8.20. The highest BCUT2D eigenvalue weighted by molar-refractivity contribution is 5.02. The molecular formula is C20H37N3. The summed E-state index contributed by atoms with van der Waals surface area (Å²) in [6.45, 7) is 10.6. The third kappa shape index (κ3) is 3.48. The first-order chi connectivity index (χ1) is 11.1. The van der Waals surface area contributed by atoms with Gasteiger partial charge in [-0.1, -0.05) is 6.92 Å². The first kappa shape index (κ1) is 16.4. The van der Waals surface area contributed by atoms with Gasteiger partial charge >= 0.3 is 0 Å². The molecule has 0 aromatic heterocycles. The Bertz CT molecular complexity index is 386. The lowest BCUT2D eigenvalue weighted by Gasteiger charge is -2.56. The van der Waals surface area contributed by atoms with Gasteiger partial charge in [0.05, 0.1) is 0 Å². The second kappa shape index (κ2) is 6.65. The summed E-state index contributed by atoms with van der Waals surface area (Å²) in [5, 5.41) is 0. The molecule has 23 heavy (non-hydrogen) atoms. The Kier molecular flexibility index (Phi) is 4.73. The van der Waals surface area contributed by atoms with E-state index in [2.05, 4.69) is 28.7 Å². The molecule has 1 atom stereocenters. The van der Waals surface area contributed by atoms with Crippen molar-refractivity contribution in [3.63, 3.8) is 0 Å². The van der Waals surface area contributed by atoms with Gasteiger partial charge in [-0.15, -0.1) is 0 Å². The Hall–Kier alpha value is -0.120. The van der Waals surface area contributed by atoms with E-state index in [1.165, 1.54) is 90.6 Å². The summed E-state index contributed by atoms with van der Waals surface area (Å²) in [6, 6.07) is 1.83. The normalized spacial score (nSPS) is 35.5. The number of hydrogen-bond donors (Lipinski definition) is 0. The van der Waals surface area contributed by atoms with E-state index in [-0.39, 0.29) is 0 Å². The van der Waals surface area contributed by atoms with E-state index in [4.69, 9.17) is 0 Å². The van der Waals surface area contributed by atoms with Gasteiger partial charge in [-0.25, -0.2) is 0 Å². The Morgan fingerprint density at radius 2 is 1.48 bits per heavy atom. The molecule has 0 radical (unpaired) electrons. The van der Waals surface area contributed by atoms with E-state index in [0.29, 0.717) is 0 Å². The van der Waals surface area contributed by atoms with Crippen molar-refractivity contribution in [1.82, 2.24) is 14.7 Å². The Labute approximate surface area is 143 Å². The largest absolute Gasteiger partial charge is 0.306 e. The first-order valence-corrected chi connectivity index (χ1v) is 10.3. The van der Waals surface area contributed by atoms with Crippen molar-refractivity contribution < 1.29 is 0 Å². The van der Waals surface area contributed by atoms with Crippen molar-refractivity contribution in [3.8, 4) is 0 Å². The standard InChI is InChI=1S/C20H37N3/c1-17-4-3-9-23(16-17)18-5-10-22(11-6-18)19-14-20(15-19)7-12-21(2)13-8-20/h17-19H,3-16H2,1-2H3. The maximum Gasteiger partial charge on any atom is 0.0120 e. The van der Waals surface area contributed by atoms with Gasteiger partial charge in [-0.2, -0.15) is 0 Å². The van der Waals surface area contributed by atoms with Crippen molar-refractivity contribution >= 4 is 0 Å². The predicted octanol–water partition coefficient (Wildman–Crippen LogP) is 3.06. The van der Waals surface area contributed by atoms with Crippen LogP contribution in [0.5, 0.6) is 0 Å². The molecule has 3 heteroatoms. The fourth-order valence-corrected chi connectivity index (χ4v) is 5.87. The molecule has 0 aromatic carbocycles. The predicted molar refractivity (Wildman–Crippen MR) is 96.8 cm³/mol. The summed E-state index contributed by atoms with van der Waals surface area (Å²) < 4.78 is 0. The minimum absolute atomic E-state index is 0.746. The van der Waals surface area contributed by atoms with Crippen molar-refractivity contribution in [3.05, 3.63) is 0 Å².